The number of ether oxygens (including phenoxy) is 1. The molecule has 2 N–H and O–H groups in total. The fourth-order valence-electron chi connectivity index (χ4n) is 4.26. The van der Waals surface area contributed by atoms with Gasteiger partial charge in [-0.05, 0) is 53.9 Å². The van der Waals surface area contributed by atoms with Crippen molar-refractivity contribution in [2.24, 2.45) is 11.3 Å². The first-order chi connectivity index (χ1) is 10.8. The number of aliphatic hydroxyl groups is 1. The van der Waals surface area contributed by atoms with Crippen LogP contribution in [0.15, 0.2) is 12.1 Å². The summed E-state index contributed by atoms with van der Waals surface area (Å²) in [4.78, 5) is 2.50. The van der Waals surface area contributed by atoms with E-state index in [1.54, 1.807) is 7.11 Å². The standard InChI is InChI=1S/C19H29NO3/c1-19(2,3)10-13-11-20-6-5-12-7-17(22)18(23-4)8-14(12)15(20)9-16(13)21/h7-8,13,15-16,21-22H,5-6,9-11H2,1-4H3/t13-,15-,16+/m0/s1. The van der Waals surface area contributed by atoms with Crippen molar-refractivity contribution in [1.29, 1.82) is 0 Å². The highest BCUT2D eigenvalue weighted by Crippen LogP contribution is 2.44. The normalized spacial score (nSPS) is 28.1. The maximum atomic E-state index is 10.7. The van der Waals surface area contributed by atoms with Crippen molar-refractivity contribution in [3.8, 4) is 11.5 Å². The molecular weight excluding hydrogens is 290 g/mol. The van der Waals surface area contributed by atoms with E-state index in [1.165, 1.54) is 11.1 Å². The molecule has 1 fully saturated rings. The smallest absolute Gasteiger partial charge is 0.160 e. The number of hydrogen-bond acceptors (Lipinski definition) is 4. The van der Waals surface area contributed by atoms with E-state index in [-0.39, 0.29) is 23.3 Å². The molecule has 2 heterocycles. The monoisotopic (exact) mass is 319 g/mol. The quantitative estimate of drug-likeness (QED) is 0.879. The Morgan fingerprint density at radius 2 is 2.04 bits per heavy atom. The van der Waals surface area contributed by atoms with Gasteiger partial charge >= 0.3 is 0 Å². The number of hydrogen-bond donors (Lipinski definition) is 2. The summed E-state index contributed by atoms with van der Waals surface area (Å²) in [6, 6.07) is 4.02. The van der Waals surface area contributed by atoms with Crippen LogP contribution in [0.2, 0.25) is 0 Å². The second-order valence-corrected chi connectivity index (χ2v) is 8.31. The van der Waals surface area contributed by atoms with Crippen LogP contribution >= 0.6 is 0 Å². The summed E-state index contributed by atoms with van der Waals surface area (Å²) >= 11 is 0. The Balaban J connectivity index is 1.85. The first-order valence-corrected chi connectivity index (χ1v) is 8.60. The summed E-state index contributed by atoms with van der Waals surface area (Å²) < 4.78 is 5.27. The number of methoxy groups -OCH3 is 1. The van der Waals surface area contributed by atoms with E-state index >= 15 is 0 Å². The van der Waals surface area contributed by atoms with Crippen molar-refractivity contribution < 1.29 is 14.9 Å². The summed E-state index contributed by atoms with van der Waals surface area (Å²) in [7, 11) is 1.58. The molecule has 3 rings (SSSR count). The predicted octanol–water partition coefficient (Wildman–Crippen LogP) is 3.12. The number of benzene rings is 1. The van der Waals surface area contributed by atoms with Gasteiger partial charge in [-0.25, -0.2) is 0 Å². The van der Waals surface area contributed by atoms with Gasteiger partial charge in [0.15, 0.2) is 11.5 Å². The molecule has 2 aliphatic heterocycles. The number of phenols is 1. The van der Waals surface area contributed by atoms with E-state index in [0.717, 1.165) is 32.4 Å². The molecule has 0 spiro atoms. The van der Waals surface area contributed by atoms with Crippen molar-refractivity contribution in [1.82, 2.24) is 4.90 Å². The molecule has 128 valence electrons. The lowest BCUT2D eigenvalue weighted by molar-refractivity contribution is -0.0259. The zero-order valence-electron chi connectivity index (χ0n) is 14.7. The van der Waals surface area contributed by atoms with Crippen LogP contribution in [-0.2, 0) is 6.42 Å². The van der Waals surface area contributed by atoms with Crippen LogP contribution in [0, 0.1) is 11.3 Å². The zero-order valence-corrected chi connectivity index (χ0v) is 14.7. The molecule has 4 heteroatoms. The van der Waals surface area contributed by atoms with Crippen LogP contribution < -0.4 is 4.74 Å². The molecule has 3 atom stereocenters. The summed E-state index contributed by atoms with van der Waals surface area (Å²) in [6.45, 7) is 8.67. The van der Waals surface area contributed by atoms with Crippen LogP contribution in [-0.4, -0.2) is 41.4 Å². The fourth-order valence-corrected chi connectivity index (χ4v) is 4.26. The van der Waals surface area contributed by atoms with Gasteiger partial charge in [-0.3, -0.25) is 4.90 Å². The molecule has 0 bridgehead atoms. The average molecular weight is 319 g/mol. The zero-order chi connectivity index (χ0) is 16.8. The van der Waals surface area contributed by atoms with Gasteiger partial charge in [0.25, 0.3) is 0 Å². The van der Waals surface area contributed by atoms with E-state index in [4.69, 9.17) is 4.74 Å². The Morgan fingerprint density at radius 1 is 1.30 bits per heavy atom. The third-order valence-electron chi connectivity index (χ3n) is 5.26. The number of aromatic hydroxyl groups is 1. The average Bonchev–Trinajstić information content (AvgIpc) is 2.46. The van der Waals surface area contributed by atoms with Crippen LogP contribution in [0.4, 0.5) is 0 Å². The summed E-state index contributed by atoms with van der Waals surface area (Å²) in [6.07, 6.45) is 2.49. The Kier molecular flexibility index (Phi) is 4.32. The molecule has 1 saturated heterocycles. The van der Waals surface area contributed by atoms with Gasteiger partial charge in [-0.1, -0.05) is 20.8 Å². The molecule has 1 aromatic rings. The molecule has 0 saturated carbocycles. The van der Waals surface area contributed by atoms with Crippen molar-refractivity contribution >= 4 is 0 Å². The number of piperidine rings is 1. The van der Waals surface area contributed by atoms with Crippen LogP contribution in [0.25, 0.3) is 0 Å². The maximum absolute atomic E-state index is 10.7. The predicted molar refractivity (Wildman–Crippen MR) is 90.9 cm³/mol. The van der Waals surface area contributed by atoms with Crippen LogP contribution in [0.3, 0.4) is 0 Å². The Bertz CT molecular complexity index is 579. The molecule has 0 aliphatic carbocycles. The minimum absolute atomic E-state index is 0.210. The molecule has 4 nitrogen and oxygen atoms in total. The first-order valence-electron chi connectivity index (χ1n) is 8.60. The van der Waals surface area contributed by atoms with Gasteiger partial charge in [0.2, 0.25) is 0 Å². The molecular formula is C19H29NO3. The molecule has 0 radical (unpaired) electrons. The van der Waals surface area contributed by atoms with E-state index in [9.17, 15) is 10.2 Å². The van der Waals surface area contributed by atoms with Crippen molar-refractivity contribution in [2.75, 3.05) is 20.2 Å². The fraction of sp³-hybridized carbons (Fsp3) is 0.684. The lowest BCUT2D eigenvalue weighted by Crippen LogP contribution is -2.48. The highest BCUT2D eigenvalue weighted by atomic mass is 16.5. The maximum Gasteiger partial charge on any atom is 0.160 e. The lowest BCUT2D eigenvalue weighted by Gasteiger charge is -2.47. The summed E-state index contributed by atoms with van der Waals surface area (Å²) in [5, 5.41) is 20.7. The number of aliphatic hydroxyl groups excluding tert-OH is 1. The first kappa shape index (κ1) is 16.6. The van der Waals surface area contributed by atoms with Gasteiger partial charge in [0.05, 0.1) is 13.2 Å². The van der Waals surface area contributed by atoms with Gasteiger partial charge in [-0.2, -0.15) is 0 Å². The number of phenolic OH excluding ortho intramolecular Hbond substituents is 1. The van der Waals surface area contributed by atoms with E-state index in [1.807, 2.05) is 12.1 Å². The highest BCUT2D eigenvalue weighted by molar-refractivity contribution is 5.48. The summed E-state index contributed by atoms with van der Waals surface area (Å²) in [5.41, 5.74) is 2.63. The molecule has 0 unspecified atom stereocenters. The van der Waals surface area contributed by atoms with Gasteiger partial charge < -0.3 is 14.9 Å². The number of rotatable bonds is 2. The topological polar surface area (TPSA) is 52.9 Å². The SMILES string of the molecule is COc1cc2c(cc1O)CCN1C[C@H](CC(C)(C)C)[C@H](O)C[C@@H]21. The third kappa shape index (κ3) is 3.33. The number of fused-ring (bicyclic) bond motifs is 3. The second kappa shape index (κ2) is 5.99. The highest BCUT2D eigenvalue weighted by Gasteiger charge is 2.39. The molecule has 1 aromatic carbocycles. The van der Waals surface area contributed by atoms with Crippen LogP contribution in [0.1, 0.15) is 50.8 Å². The van der Waals surface area contributed by atoms with E-state index in [2.05, 4.69) is 25.7 Å². The van der Waals surface area contributed by atoms with Gasteiger partial charge in [-0.15, -0.1) is 0 Å². The Hall–Kier alpha value is -1.26. The van der Waals surface area contributed by atoms with Gasteiger partial charge in [0.1, 0.15) is 0 Å². The Labute approximate surface area is 139 Å². The van der Waals surface area contributed by atoms with Crippen molar-refractivity contribution in [3.63, 3.8) is 0 Å². The largest absolute Gasteiger partial charge is 0.504 e. The second-order valence-electron chi connectivity index (χ2n) is 8.31. The molecule has 2 aliphatic rings. The third-order valence-corrected chi connectivity index (χ3v) is 5.26. The van der Waals surface area contributed by atoms with E-state index < -0.39 is 0 Å². The van der Waals surface area contributed by atoms with E-state index in [0.29, 0.717) is 11.7 Å². The number of nitrogens with zero attached hydrogens (tertiary/aromatic N) is 1. The minimum Gasteiger partial charge on any atom is -0.504 e. The van der Waals surface area contributed by atoms with Gasteiger partial charge in [0, 0.05) is 19.1 Å². The van der Waals surface area contributed by atoms with Crippen molar-refractivity contribution in [3.05, 3.63) is 23.3 Å². The summed E-state index contributed by atoms with van der Waals surface area (Å²) in [5.74, 6) is 1.07. The molecule has 0 amide bonds. The molecule has 0 aromatic heterocycles. The van der Waals surface area contributed by atoms with Crippen molar-refractivity contribution in [2.45, 2.75) is 52.2 Å². The Morgan fingerprint density at radius 3 is 2.70 bits per heavy atom. The minimum atomic E-state index is -0.263. The molecule has 23 heavy (non-hydrogen) atoms. The lowest BCUT2D eigenvalue weighted by atomic mass is 9.75. The van der Waals surface area contributed by atoms with Crippen LogP contribution in [0.5, 0.6) is 11.5 Å².